The molecule has 0 rings (SSSR count). The lowest BCUT2D eigenvalue weighted by Crippen LogP contribution is -2.30. The van der Waals surface area contributed by atoms with Gasteiger partial charge < -0.3 is 14.2 Å². The zero-order valence-electron chi connectivity index (χ0n) is 42.7. The third kappa shape index (κ3) is 51.1. The molecule has 0 aromatic carbocycles. The van der Waals surface area contributed by atoms with Crippen LogP contribution in [0.1, 0.15) is 233 Å². The molecule has 6 nitrogen and oxygen atoms in total. The smallest absolute Gasteiger partial charge is 0.309 e. The highest BCUT2D eigenvalue weighted by Gasteiger charge is 2.19. The van der Waals surface area contributed by atoms with E-state index < -0.39 is 12.1 Å². The molecule has 0 saturated carbocycles. The maximum absolute atomic E-state index is 12.8. The van der Waals surface area contributed by atoms with E-state index in [1.165, 1.54) is 83.5 Å². The summed E-state index contributed by atoms with van der Waals surface area (Å²) in [5.41, 5.74) is 0. The number of esters is 3. The van der Waals surface area contributed by atoms with Gasteiger partial charge in [0.2, 0.25) is 0 Å². The Kier molecular flexibility index (Phi) is 50.5. The van der Waals surface area contributed by atoms with Gasteiger partial charge in [0.25, 0.3) is 0 Å². The van der Waals surface area contributed by atoms with E-state index in [9.17, 15) is 14.4 Å². The number of unbranched alkanes of at least 4 members (excludes halogenated alkanes) is 19. The largest absolute Gasteiger partial charge is 0.462 e. The zero-order chi connectivity index (χ0) is 47.9. The molecule has 0 aliphatic carbocycles. The molecule has 0 aromatic rings. The van der Waals surface area contributed by atoms with Crippen LogP contribution in [0, 0.1) is 0 Å². The van der Waals surface area contributed by atoms with Crippen LogP contribution in [0.15, 0.2) is 109 Å². The summed E-state index contributed by atoms with van der Waals surface area (Å²) in [7, 11) is 0. The molecule has 0 heterocycles. The quantitative estimate of drug-likeness (QED) is 0.0262. The maximum atomic E-state index is 12.8. The SMILES string of the molecule is CC/C=C\C/C=C\C/C=C\C/C=C\C/C=C\CC(=O)OCC(COC(=O)CCCCCCCCC/C=C\C/C=C\CCCCC)OC(=O)CCCCCCC/C=C\C/C=C\CCCCCC. The van der Waals surface area contributed by atoms with E-state index in [0.717, 1.165) is 109 Å². The standard InChI is InChI=1S/C60H98O6/c1-4-7-10-13-16-19-22-25-28-30-33-35-38-41-44-47-50-53-59(62)65-56-57(55-64-58(61)52-49-46-43-40-37-34-31-27-24-21-18-15-12-9-6-3)66-60(63)54-51-48-45-42-39-36-32-29-26-23-20-17-14-11-8-5-2/h9,12,16,18-21,23,25,27-29,31-32,37,40,46,49,57H,4-8,10-11,13-15,17,22,24,26,30,33-36,38-39,41-45,47-48,50-56H2,1-3H3/b12-9-,19-16-,21-18-,23-20-,28-25-,31-27-,32-29-,40-37-,49-46-. The predicted molar refractivity (Wildman–Crippen MR) is 283 cm³/mol. The van der Waals surface area contributed by atoms with Crippen molar-refractivity contribution in [3.05, 3.63) is 109 Å². The third-order valence-corrected chi connectivity index (χ3v) is 11.0. The Bertz CT molecular complexity index is 1370. The molecular formula is C60H98O6. The Morgan fingerprint density at radius 3 is 1.09 bits per heavy atom. The monoisotopic (exact) mass is 915 g/mol. The van der Waals surface area contributed by atoms with Crippen LogP contribution in [0.2, 0.25) is 0 Å². The van der Waals surface area contributed by atoms with Crippen LogP contribution in [0.4, 0.5) is 0 Å². The van der Waals surface area contributed by atoms with Crippen molar-refractivity contribution < 1.29 is 28.6 Å². The first-order chi connectivity index (χ1) is 32.5. The minimum Gasteiger partial charge on any atom is -0.462 e. The molecule has 0 amide bonds. The topological polar surface area (TPSA) is 78.9 Å². The van der Waals surface area contributed by atoms with Gasteiger partial charge in [-0.25, -0.2) is 0 Å². The minimum atomic E-state index is -0.830. The summed E-state index contributed by atoms with van der Waals surface area (Å²) in [5.74, 6) is -1.08. The highest BCUT2D eigenvalue weighted by atomic mass is 16.6. The van der Waals surface area contributed by atoms with Crippen molar-refractivity contribution in [1.82, 2.24) is 0 Å². The van der Waals surface area contributed by atoms with Crippen LogP contribution >= 0.6 is 0 Å². The van der Waals surface area contributed by atoms with Crippen molar-refractivity contribution in [3.8, 4) is 0 Å². The Hall–Kier alpha value is -3.93. The van der Waals surface area contributed by atoms with E-state index in [2.05, 4.69) is 118 Å². The van der Waals surface area contributed by atoms with E-state index in [-0.39, 0.29) is 38.0 Å². The fraction of sp³-hybridized carbons (Fsp3) is 0.650. The number of carbonyl (C=O) groups is 3. The van der Waals surface area contributed by atoms with E-state index in [1.54, 1.807) is 6.08 Å². The molecule has 66 heavy (non-hydrogen) atoms. The second-order valence-electron chi connectivity index (χ2n) is 17.4. The molecule has 0 radical (unpaired) electrons. The second kappa shape index (κ2) is 53.7. The van der Waals surface area contributed by atoms with Gasteiger partial charge in [0.15, 0.2) is 6.10 Å². The van der Waals surface area contributed by atoms with Gasteiger partial charge in [0.1, 0.15) is 13.2 Å². The number of carbonyl (C=O) groups excluding carboxylic acids is 3. The Balaban J connectivity index is 4.55. The van der Waals surface area contributed by atoms with E-state index in [0.29, 0.717) is 6.42 Å². The van der Waals surface area contributed by atoms with Gasteiger partial charge in [-0.2, -0.15) is 0 Å². The fourth-order valence-electron chi connectivity index (χ4n) is 6.99. The van der Waals surface area contributed by atoms with Crippen molar-refractivity contribution in [2.24, 2.45) is 0 Å². The molecular weight excluding hydrogens is 817 g/mol. The summed E-state index contributed by atoms with van der Waals surface area (Å²) in [5, 5.41) is 0. The maximum Gasteiger partial charge on any atom is 0.309 e. The molecule has 0 aliphatic rings. The Labute approximate surface area is 406 Å². The molecule has 0 aromatic heterocycles. The molecule has 0 fully saturated rings. The molecule has 0 bridgehead atoms. The molecule has 6 heteroatoms. The predicted octanol–water partition coefficient (Wildman–Crippen LogP) is 17.9. The second-order valence-corrected chi connectivity index (χ2v) is 17.4. The minimum absolute atomic E-state index is 0.119. The molecule has 0 spiro atoms. The number of hydrogen-bond acceptors (Lipinski definition) is 6. The summed E-state index contributed by atoms with van der Waals surface area (Å²) in [6, 6.07) is 0. The molecule has 1 unspecified atom stereocenters. The van der Waals surface area contributed by atoms with Gasteiger partial charge in [-0.05, 0) is 109 Å². The van der Waals surface area contributed by atoms with Crippen LogP contribution in [0.25, 0.3) is 0 Å². The van der Waals surface area contributed by atoms with Gasteiger partial charge in [-0.15, -0.1) is 0 Å². The van der Waals surface area contributed by atoms with Crippen molar-refractivity contribution in [1.29, 1.82) is 0 Å². The molecule has 374 valence electrons. The summed E-state index contributed by atoms with van der Waals surface area (Å²) < 4.78 is 16.7. The number of hydrogen-bond donors (Lipinski definition) is 0. The zero-order valence-corrected chi connectivity index (χ0v) is 42.7. The molecule has 0 aliphatic heterocycles. The Morgan fingerprint density at radius 2 is 0.652 bits per heavy atom. The third-order valence-electron chi connectivity index (χ3n) is 11.0. The van der Waals surface area contributed by atoms with Crippen molar-refractivity contribution in [2.45, 2.75) is 239 Å². The van der Waals surface area contributed by atoms with Crippen molar-refractivity contribution in [3.63, 3.8) is 0 Å². The highest BCUT2D eigenvalue weighted by Crippen LogP contribution is 2.13. The van der Waals surface area contributed by atoms with Crippen LogP contribution in [0.5, 0.6) is 0 Å². The molecule has 1 atom stereocenters. The van der Waals surface area contributed by atoms with Gasteiger partial charge >= 0.3 is 17.9 Å². The number of ether oxygens (including phenoxy) is 3. The van der Waals surface area contributed by atoms with E-state index >= 15 is 0 Å². The van der Waals surface area contributed by atoms with Gasteiger partial charge in [0, 0.05) is 12.8 Å². The summed E-state index contributed by atoms with van der Waals surface area (Å²) >= 11 is 0. The first-order valence-electron chi connectivity index (χ1n) is 26.9. The highest BCUT2D eigenvalue weighted by molar-refractivity contribution is 5.72. The van der Waals surface area contributed by atoms with Crippen LogP contribution in [0.3, 0.4) is 0 Å². The Morgan fingerprint density at radius 1 is 0.333 bits per heavy atom. The fourth-order valence-corrected chi connectivity index (χ4v) is 6.99. The molecule has 0 saturated heterocycles. The summed E-state index contributed by atoms with van der Waals surface area (Å²) in [4.78, 5) is 38.0. The average molecular weight is 915 g/mol. The van der Waals surface area contributed by atoms with Crippen molar-refractivity contribution in [2.75, 3.05) is 13.2 Å². The van der Waals surface area contributed by atoms with Gasteiger partial charge in [-0.3, -0.25) is 14.4 Å². The van der Waals surface area contributed by atoms with E-state index in [1.807, 2.05) is 6.08 Å². The van der Waals surface area contributed by atoms with Crippen LogP contribution < -0.4 is 0 Å². The average Bonchev–Trinajstić information content (AvgIpc) is 3.31. The molecule has 0 N–H and O–H groups in total. The number of rotatable bonds is 47. The summed E-state index contributed by atoms with van der Waals surface area (Å²) in [6.07, 6.45) is 72.3. The normalized spacial score (nSPS) is 13.0. The lowest BCUT2D eigenvalue weighted by molar-refractivity contribution is -0.166. The van der Waals surface area contributed by atoms with Gasteiger partial charge in [0.05, 0.1) is 6.42 Å². The lowest BCUT2D eigenvalue weighted by Gasteiger charge is -2.18. The van der Waals surface area contributed by atoms with Crippen LogP contribution in [-0.2, 0) is 28.6 Å². The summed E-state index contributed by atoms with van der Waals surface area (Å²) in [6.45, 7) is 6.37. The number of allylic oxidation sites excluding steroid dienone is 17. The lowest BCUT2D eigenvalue weighted by atomic mass is 10.1. The van der Waals surface area contributed by atoms with Gasteiger partial charge in [-0.1, -0.05) is 214 Å². The van der Waals surface area contributed by atoms with E-state index in [4.69, 9.17) is 14.2 Å². The first-order valence-corrected chi connectivity index (χ1v) is 26.9. The van der Waals surface area contributed by atoms with Crippen molar-refractivity contribution >= 4 is 17.9 Å². The first kappa shape index (κ1) is 62.1. The van der Waals surface area contributed by atoms with Crippen LogP contribution in [-0.4, -0.2) is 37.2 Å².